The minimum absolute atomic E-state index is 0.0799. The summed E-state index contributed by atoms with van der Waals surface area (Å²) in [4.78, 5) is 13.0. The molecule has 0 aliphatic carbocycles. The first-order chi connectivity index (χ1) is 21.5. The maximum absolute atomic E-state index is 13.0. The molecule has 2 saturated heterocycles. The lowest BCUT2D eigenvalue weighted by Crippen LogP contribution is -2.60. The van der Waals surface area contributed by atoms with E-state index in [4.69, 9.17) is 28.4 Å². The van der Waals surface area contributed by atoms with Gasteiger partial charge in [-0.1, -0.05) is 18.2 Å². The van der Waals surface area contributed by atoms with Gasteiger partial charge in [-0.2, -0.15) is 0 Å². The van der Waals surface area contributed by atoms with Crippen LogP contribution in [0.5, 0.6) is 17.2 Å². The summed E-state index contributed by atoms with van der Waals surface area (Å²) in [7, 11) is 1.46. The first kappa shape index (κ1) is 33.2. The molecule has 3 aliphatic heterocycles. The molecule has 0 spiro atoms. The van der Waals surface area contributed by atoms with E-state index in [2.05, 4.69) is 0 Å². The van der Waals surface area contributed by atoms with Crippen molar-refractivity contribution >= 4 is 11.5 Å². The molecule has 3 heterocycles. The highest BCUT2D eigenvalue weighted by atomic mass is 16.7. The molecule has 0 bridgehead atoms. The van der Waals surface area contributed by atoms with Gasteiger partial charge in [0.25, 0.3) is 0 Å². The first-order valence-electron chi connectivity index (χ1n) is 14.2. The number of hydrogen-bond donors (Lipinski definition) is 8. The average Bonchev–Trinajstić information content (AvgIpc) is 3.04. The summed E-state index contributed by atoms with van der Waals surface area (Å²) < 4.78 is 33.6. The first-order valence-corrected chi connectivity index (χ1v) is 14.2. The number of methoxy groups -OCH3 is 1. The summed E-state index contributed by atoms with van der Waals surface area (Å²) in [5.74, 6) is 0.0530. The van der Waals surface area contributed by atoms with Crippen molar-refractivity contribution in [2.75, 3.05) is 20.3 Å². The Morgan fingerprint density at radius 3 is 1.93 bits per heavy atom. The second-order valence-corrected chi connectivity index (χ2v) is 10.9. The van der Waals surface area contributed by atoms with Crippen molar-refractivity contribution in [3.05, 3.63) is 59.7 Å². The van der Waals surface area contributed by atoms with Crippen LogP contribution in [0.15, 0.2) is 48.5 Å². The summed E-state index contributed by atoms with van der Waals surface area (Å²) in [5, 5.41) is 80.7. The highest BCUT2D eigenvalue weighted by Gasteiger charge is 2.46. The van der Waals surface area contributed by atoms with E-state index < -0.39 is 86.7 Å². The summed E-state index contributed by atoms with van der Waals surface area (Å²) >= 11 is 0. The fourth-order valence-corrected chi connectivity index (χ4v) is 5.35. The number of esters is 1. The molecule has 2 aromatic carbocycles. The SMILES string of the molecule is COc1ccc2c(c1)OC(=O)C=C(c1ccc(O[C@H]3O[C@@H](CO)[C@H](O)[C@H](O)[C@@H]3O)cc1)[C@@H](O[C@H]1O[C@@H](CO)[C@H](O)[C@H](O)[C@@H]1O)C2. The number of aliphatic hydroxyl groups excluding tert-OH is 8. The Morgan fingerprint density at radius 2 is 1.33 bits per heavy atom. The van der Waals surface area contributed by atoms with E-state index in [-0.39, 0.29) is 23.5 Å². The van der Waals surface area contributed by atoms with Crippen molar-refractivity contribution in [1.82, 2.24) is 0 Å². The Kier molecular flexibility index (Phi) is 10.4. The molecule has 15 heteroatoms. The van der Waals surface area contributed by atoms with Gasteiger partial charge in [0.2, 0.25) is 6.29 Å². The van der Waals surface area contributed by atoms with Gasteiger partial charge in [0, 0.05) is 18.6 Å². The molecule has 8 N–H and O–H groups in total. The molecule has 45 heavy (non-hydrogen) atoms. The van der Waals surface area contributed by atoms with E-state index in [1.165, 1.54) is 31.4 Å². The molecular formula is C30H36O15. The molecule has 0 amide bonds. The Balaban J connectivity index is 1.44. The largest absolute Gasteiger partial charge is 0.497 e. The third kappa shape index (κ3) is 6.98. The lowest BCUT2D eigenvalue weighted by Gasteiger charge is -2.41. The second-order valence-electron chi connectivity index (χ2n) is 10.9. The molecular weight excluding hydrogens is 600 g/mol. The number of ether oxygens (including phenoxy) is 6. The van der Waals surface area contributed by atoms with Crippen LogP contribution < -0.4 is 14.2 Å². The number of hydrogen-bond acceptors (Lipinski definition) is 15. The van der Waals surface area contributed by atoms with Crippen molar-refractivity contribution in [3.63, 3.8) is 0 Å². The predicted octanol–water partition coefficient (Wildman–Crippen LogP) is -2.40. The maximum atomic E-state index is 13.0. The van der Waals surface area contributed by atoms with Crippen LogP contribution in [-0.2, 0) is 25.4 Å². The van der Waals surface area contributed by atoms with Crippen LogP contribution in [0.4, 0.5) is 0 Å². The van der Waals surface area contributed by atoms with Gasteiger partial charge in [0.1, 0.15) is 66.1 Å². The van der Waals surface area contributed by atoms with Gasteiger partial charge in [-0.05, 0) is 34.9 Å². The standard InChI is InChI=1S/C30H36O15/c1-40-16-7-4-14-8-19(43-30-28(39)26(37)24(35)21(12-32)45-30)17(10-22(33)42-18(14)9-16)13-2-5-15(6-3-13)41-29-27(38)25(36)23(34)20(11-31)44-29/h2-7,9-10,19-21,23-32,34-39H,8,11-12H2,1H3/t19-,20-,21-,23-,24-,25-,26-,27-,28-,29-,30-/m0/s1. The molecule has 5 rings (SSSR count). The fraction of sp³-hybridized carbons (Fsp3) is 0.500. The lowest BCUT2D eigenvalue weighted by molar-refractivity contribution is -0.306. The monoisotopic (exact) mass is 636 g/mol. The summed E-state index contributed by atoms with van der Waals surface area (Å²) in [5.41, 5.74) is 1.24. The Morgan fingerprint density at radius 1 is 0.756 bits per heavy atom. The zero-order chi connectivity index (χ0) is 32.4. The predicted molar refractivity (Wildman–Crippen MR) is 150 cm³/mol. The Bertz CT molecular complexity index is 1350. The van der Waals surface area contributed by atoms with E-state index in [9.17, 15) is 45.6 Å². The van der Waals surface area contributed by atoms with Crippen LogP contribution in [-0.4, -0.2) is 135 Å². The van der Waals surface area contributed by atoms with Gasteiger partial charge in [-0.3, -0.25) is 0 Å². The molecule has 0 aromatic heterocycles. The molecule has 15 nitrogen and oxygen atoms in total. The van der Waals surface area contributed by atoms with Crippen molar-refractivity contribution in [1.29, 1.82) is 0 Å². The summed E-state index contributed by atoms with van der Waals surface area (Å²) in [6.45, 7) is -1.29. The Hall–Kier alpha value is -3.19. The number of benzene rings is 2. The van der Waals surface area contributed by atoms with Crippen LogP contribution in [0.1, 0.15) is 11.1 Å². The zero-order valence-electron chi connectivity index (χ0n) is 24.0. The van der Waals surface area contributed by atoms with Crippen molar-refractivity contribution < 1.29 is 74.1 Å². The van der Waals surface area contributed by atoms with Gasteiger partial charge < -0.3 is 69.3 Å². The number of aliphatic hydroxyl groups is 8. The molecule has 0 unspecified atom stereocenters. The fourth-order valence-electron chi connectivity index (χ4n) is 5.35. The summed E-state index contributed by atoms with van der Waals surface area (Å²) in [6, 6.07) is 10.9. The zero-order valence-corrected chi connectivity index (χ0v) is 24.0. The van der Waals surface area contributed by atoms with Crippen molar-refractivity contribution in [3.8, 4) is 17.2 Å². The number of fused-ring (bicyclic) bond motifs is 1. The lowest BCUT2D eigenvalue weighted by atomic mass is 9.93. The average molecular weight is 637 g/mol. The molecule has 246 valence electrons. The normalized spacial score (nSPS) is 35.4. The van der Waals surface area contributed by atoms with Crippen molar-refractivity contribution in [2.45, 2.75) is 73.9 Å². The minimum atomic E-state index is -1.70. The van der Waals surface area contributed by atoms with Gasteiger partial charge in [0.05, 0.1) is 26.4 Å². The third-order valence-corrected chi connectivity index (χ3v) is 7.95. The quantitative estimate of drug-likeness (QED) is 0.111. The van der Waals surface area contributed by atoms with Gasteiger partial charge in [-0.15, -0.1) is 0 Å². The topological polar surface area (TPSA) is 234 Å². The van der Waals surface area contributed by atoms with Crippen LogP contribution in [0, 0.1) is 0 Å². The van der Waals surface area contributed by atoms with E-state index >= 15 is 0 Å². The third-order valence-electron chi connectivity index (χ3n) is 7.95. The van der Waals surface area contributed by atoms with Crippen molar-refractivity contribution in [2.24, 2.45) is 0 Å². The maximum Gasteiger partial charge on any atom is 0.336 e. The van der Waals surface area contributed by atoms with Crippen LogP contribution in [0.2, 0.25) is 0 Å². The van der Waals surface area contributed by atoms with Crippen LogP contribution in [0.3, 0.4) is 0 Å². The molecule has 0 saturated carbocycles. The molecule has 2 fully saturated rings. The highest BCUT2D eigenvalue weighted by Crippen LogP contribution is 2.35. The van der Waals surface area contributed by atoms with Gasteiger partial charge in [-0.25, -0.2) is 4.79 Å². The molecule has 2 aromatic rings. The van der Waals surface area contributed by atoms with E-state index in [0.717, 1.165) is 0 Å². The van der Waals surface area contributed by atoms with Gasteiger partial charge in [0.15, 0.2) is 6.29 Å². The smallest absolute Gasteiger partial charge is 0.336 e. The van der Waals surface area contributed by atoms with E-state index in [1.807, 2.05) is 0 Å². The highest BCUT2D eigenvalue weighted by molar-refractivity contribution is 5.94. The van der Waals surface area contributed by atoms with E-state index in [0.29, 0.717) is 16.9 Å². The number of carbonyl (C=O) groups is 1. The molecule has 11 atom stereocenters. The Labute approximate surface area is 257 Å². The second kappa shape index (κ2) is 14.1. The van der Waals surface area contributed by atoms with E-state index in [1.54, 1.807) is 24.3 Å². The van der Waals surface area contributed by atoms with Gasteiger partial charge >= 0.3 is 5.97 Å². The number of rotatable bonds is 8. The molecule has 3 aliphatic rings. The minimum Gasteiger partial charge on any atom is -0.497 e. The number of carbonyl (C=O) groups excluding carboxylic acids is 1. The molecule has 0 radical (unpaired) electrons. The summed E-state index contributed by atoms with van der Waals surface area (Å²) in [6.07, 6.45) is -14.9. The van der Waals surface area contributed by atoms with Crippen LogP contribution in [0.25, 0.3) is 5.57 Å². The van der Waals surface area contributed by atoms with Crippen LogP contribution >= 0.6 is 0 Å².